The Morgan fingerprint density at radius 3 is 2.54 bits per heavy atom. The van der Waals surface area contributed by atoms with E-state index >= 15 is 0 Å². The van der Waals surface area contributed by atoms with Gasteiger partial charge in [-0.1, -0.05) is 5.57 Å². The maximum atomic E-state index is 14.6. The van der Waals surface area contributed by atoms with Crippen LogP contribution in [0.4, 0.5) is 17.6 Å². The fraction of sp³-hybridized carbons (Fsp3) is 0.375. The van der Waals surface area contributed by atoms with Crippen molar-refractivity contribution in [2.24, 2.45) is 18.4 Å². The van der Waals surface area contributed by atoms with E-state index in [1.54, 1.807) is 36.3 Å². The zero-order valence-electron chi connectivity index (χ0n) is 24.8. The first-order valence-corrected chi connectivity index (χ1v) is 16.4. The Hall–Kier alpha value is -4.17. The first-order valence-electron chi connectivity index (χ1n) is 15.0. The molecule has 0 aliphatic heterocycles. The smallest absolute Gasteiger partial charge is 0.291 e. The van der Waals surface area contributed by atoms with E-state index in [9.17, 15) is 30.8 Å². The number of nitrogens with zero attached hydrogens (tertiary/aromatic N) is 6. The summed E-state index contributed by atoms with van der Waals surface area (Å²) in [6.07, 6.45) is 3.89. The lowest BCUT2D eigenvalue weighted by Crippen LogP contribution is -2.51. The number of hydrogen-bond donors (Lipinski definition) is 0. The summed E-state index contributed by atoms with van der Waals surface area (Å²) in [5.74, 6) is -0.827. The molecule has 3 aliphatic carbocycles. The van der Waals surface area contributed by atoms with E-state index < -0.39 is 44.8 Å². The monoisotopic (exact) mass is 654 g/mol. The Balaban J connectivity index is 1.33. The highest BCUT2D eigenvalue weighted by Gasteiger charge is 2.52. The number of aromatic nitrogens is 5. The van der Waals surface area contributed by atoms with Gasteiger partial charge in [0.2, 0.25) is 0 Å². The van der Waals surface area contributed by atoms with Crippen LogP contribution in [-0.4, -0.2) is 55.6 Å². The Morgan fingerprint density at radius 2 is 1.87 bits per heavy atom. The Kier molecular flexibility index (Phi) is 7.27. The molecule has 3 aliphatic rings. The lowest BCUT2D eigenvalue weighted by atomic mass is 9.60. The number of fused-ring (bicyclic) bond motifs is 2. The van der Waals surface area contributed by atoms with Gasteiger partial charge in [-0.2, -0.15) is 27.7 Å². The largest absolute Gasteiger partial charge is 0.416 e. The third-order valence-electron chi connectivity index (χ3n) is 9.27. The summed E-state index contributed by atoms with van der Waals surface area (Å²) in [7, 11) is -2.42. The van der Waals surface area contributed by atoms with Crippen LogP contribution in [0.1, 0.15) is 59.4 Å². The summed E-state index contributed by atoms with van der Waals surface area (Å²) in [6, 6.07) is 8.19. The number of allylic oxidation sites excluding steroid dienone is 1. The molecule has 2 saturated carbocycles. The summed E-state index contributed by atoms with van der Waals surface area (Å²) in [5.41, 5.74) is -0.0853. The van der Waals surface area contributed by atoms with E-state index in [1.165, 1.54) is 27.2 Å². The summed E-state index contributed by atoms with van der Waals surface area (Å²) in [6.45, 7) is 0.266. The van der Waals surface area contributed by atoms with E-state index in [2.05, 4.69) is 15.2 Å². The van der Waals surface area contributed by atoms with E-state index in [4.69, 9.17) is 0 Å². The van der Waals surface area contributed by atoms with E-state index in [0.717, 1.165) is 31.2 Å². The second-order valence-corrected chi connectivity index (χ2v) is 14.2. The molecule has 3 heterocycles. The van der Waals surface area contributed by atoms with E-state index in [1.807, 2.05) is 6.08 Å². The minimum Gasteiger partial charge on any atom is -0.291 e. The van der Waals surface area contributed by atoms with Crippen LogP contribution in [-0.2, 0) is 29.7 Å². The maximum absolute atomic E-state index is 14.6. The lowest BCUT2D eigenvalue weighted by Gasteiger charge is -2.46. The molecule has 0 spiro atoms. The van der Waals surface area contributed by atoms with Crippen molar-refractivity contribution in [3.8, 4) is 5.69 Å². The molecule has 2 fully saturated rings. The zero-order chi connectivity index (χ0) is 32.4. The summed E-state index contributed by atoms with van der Waals surface area (Å²) in [5, 5.41) is 8.58. The normalized spacial score (nSPS) is 21.5. The van der Waals surface area contributed by atoms with Crippen molar-refractivity contribution >= 4 is 21.9 Å². The zero-order valence-corrected chi connectivity index (χ0v) is 25.6. The first kappa shape index (κ1) is 30.5. The number of carbonyl (C=O) groups is 1. The van der Waals surface area contributed by atoms with Gasteiger partial charge in [-0.3, -0.25) is 14.5 Å². The fourth-order valence-electron chi connectivity index (χ4n) is 6.74. The lowest BCUT2D eigenvalue weighted by molar-refractivity contribution is -0.137. The average molecular weight is 655 g/mol. The quantitative estimate of drug-likeness (QED) is 0.181. The van der Waals surface area contributed by atoms with Gasteiger partial charge in [0.15, 0.2) is 10.8 Å². The number of halogens is 4. The van der Waals surface area contributed by atoms with Gasteiger partial charge in [-0.25, -0.2) is 17.5 Å². The number of pyridine rings is 1. The van der Waals surface area contributed by atoms with Gasteiger partial charge in [-0.15, -0.1) is 0 Å². The van der Waals surface area contributed by atoms with E-state index in [-0.39, 0.29) is 36.0 Å². The molecule has 0 amide bonds. The van der Waals surface area contributed by atoms with Gasteiger partial charge in [0.25, 0.3) is 10.0 Å². The van der Waals surface area contributed by atoms with Crippen LogP contribution in [0.3, 0.4) is 0 Å². The average Bonchev–Trinajstić information content (AvgIpc) is 3.60. The molecule has 0 unspecified atom stereocenters. The molecule has 0 saturated heterocycles. The minimum atomic E-state index is -4.68. The van der Waals surface area contributed by atoms with Crippen LogP contribution in [0.2, 0.25) is 0 Å². The van der Waals surface area contributed by atoms with E-state index in [0.29, 0.717) is 35.4 Å². The van der Waals surface area contributed by atoms with Crippen LogP contribution < -0.4 is 0 Å². The van der Waals surface area contributed by atoms with Gasteiger partial charge < -0.3 is 0 Å². The van der Waals surface area contributed by atoms with Crippen molar-refractivity contribution in [2.45, 2.75) is 55.8 Å². The molecule has 4 aromatic rings. The van der Waals surface area contributed by atoms with Crippen molar-refractivity contribution in [2.75, 3.05) is 6.54 Å². The van der Waals surface area contributed by atoms with Gasteiger partial charge in [0.1, 0.15) is 11.5 Å². The number of ketones is 1. The van der Waals surface area contributed by atoms with Crippen LogP contribution in [0.25, 0.3) is 11.8 Å². The van der Waals surface area contributed by atoms with Crippen molar-refractivity contribution in [3.63, 3.8) is 0 Å². The second kappa shape index (κ2) is 11.0. The highest BCUT2D eigenvalue weighted by molar-refractivity contribution is 7.89. The molecule has 14 heteroatoms. The van der Waals surface area contributed by atoms with Crippen LogP contribution in [0.5, 0.6) is 0 Å². The molecule has 7 rings (SSSR count). The first-order chi connectivity index (χ1) is 21.8. The number of hydrogen-bond acceptors (Lipinski definition) is 6. The third kappa shape index (κ3) is 5.36. The van der Waals surface area contributed by atoms with Gasteiger partial charge in [0, 0.05) is 32.0 Å². The molecule has 0 bridgehead atoms. The molecule has 46 heavy (non-hydrogen) atoms. The third-order valence-corrected chi connectivity index (χ3v) is 11.1. The highest BCUT2D eigenvalue weighted by atomic mass is 32.2. The van der Waals surface area contributed by atoms with Gasteiger partial charge >= 0.3 is 6.18 Å². The molecule has 2 atom stereocenters. The van der Waals surface area contributed by atoms with Crippen LogP contribution in [0, 0.1) is 17.2 Å². The standard InChI is InChI=1S/C32H30F4N6O3S/c1-40-13-11-29(39-40)46(44,45)41(19-20-2-3-20)26-7-4-22-15-28-21(18-38-42(28)25-8-5-24(33)6-9-25)16-31(22,17-26)30(43)27-14-23(10-12-37-27)32(34,35)36/h5-6,8-15,18,20,26H,2-4,7,16-17,19H2,1H3/t26-,31-/m0/s1. The molecule has 0 radical (unpaired) electrons. The predicted molar refractivity (Wildman–Crippen MR) is 159 cm³/mol. The number of Topliss-reactive ketones (excluding diaryl/α,β-unsaturated/α-hetero) is 1. The summed E-state index contributed by atoms with van der Waals surface area (Å²) < 4.78 is 87.4. The highest BCUT2D eigenvalue weighted by Crippen LogP contribution is 2.52. The predicted octanol–water partition coefficient (Wildman–Crippen LogP) is 5.62. The Morgan fingerprint density at radius 1 is 1.11 bits per heavy atom. The molecular weight excluding hydrogens is 624 g/mol. The summed E-state index contributed by atoms with van der Waals surface area (Å²) in [4.78, 5) is 18.6. The molecule has 1 aromatic carbocycles. The summed E-state index contributed by atoms with van der Waals surface area (Å²) >= 11 is 0. The van der Waals surface area contributed by atoms with Crippen molar-refractivity contribution < 1.29 is 30.8 Å². The van der Waals surface area contributed by atoms with Crippen molar-refractivity contribution in [3.05, 3.63) is 95.0 Å². The number of sulfonamides is 1. The molecular formula is C32H30F4N6O3S. The van der Waals surface area contributed by atoms with Crippen LogP contribution >= 0.6 is 0 Å². The second-order valence-electron chi connectivity index (χ2n) is 12.4. The maximum Gasteiger partial charge on any atom is 0.416 e. The fourth-order valence-corrected chi connectivity index (χ4v) is 8.43. The van der Waals surface area contributed by atoms with Crippen molar-refractivity contribution in [1.82, 2.24) is 28.9 Å². The topological polar surface area (TPSA) is 103 Å². The Labute approximate surface area is 262 Å². The number of carbonyl (C=O) groups excluding carboxylic acids is 1. The molecule has 240 valence electrons. The Bertz CT molecular complexity index is 1960. The minimum absolute atomic E-state index is 0.0511. The molecule has 9 nitrogen and oxygen atoms in total. The van der Waals surface area contributed by atoms with Crippen molar-refractivity contribution in [1.29, 1.82) is 0 Å². The number of alkyl halides is 3. The SMILES string of the molecule is Cn1ccc(S(=O)(=O)N(CC2CC2)[C@H]2CCC3=Cc4c(cnn4-c4ccc(F)cc4)C[C@]3(C(=O)c3cc(C(F)(F)F)ccn3)C2)n1. The number of rotatable bonds is 8. The molecule has 0 N–H and O–H groups in total. The number of benzene rings is 1. The number of aryl methyl sites for hydroxylation is 1. The molecule has 3 aromatic heterocycles. The van der Waals surface area contributed by atoms with Crippen LogP contribution in [0.15, 0.2) is 71.7 Å². The van der Waals surface area contributed by atoms with Gasteiger partial charge in [-0.05, 0) is 98.5 Å². The van der Waals surface area contributed by atoms with Gasteiger partial charge in [0.05, 0.1) is 28.6 Å².